The Morgan fingerprint density at radius 3 is 2.57 bits per heavy atom. The van der Waals surface area contributed by atoms with Crippen molar-refractivity contribution in [2.75, 3.05) is 13.1 Å². The van der Waals surface area contributed by atoms with Crippen LogP contribution in [0.1, 0.15) is 15.9 Å². The topological polar surface area (TPSA) is 66.5 Å². The van der Waals surface area contributed by atoms with Crippen LogP contribution >= 0.6 is 27.7 Å². The molecule has 1 fully saturated rings. The first-order valence-corrected chi connectivity index (χ1v) is 9.70. The summed E-state index contributed by atoms with van der Waals surface area (Å²) in [5.41, 5.74) is 0.449. The highest BCUT2D eigenvalue weighted by Gasteiger charge is 2.34. The first-order chi connectivity index (χ1) is 13.3. The van der Waals surface area contributed by atoms with Gasteiger partial charge >= 0.3 is 0 Å². The third kappa shape index (κ3) is 4.66. The number of amides is 3. The van der Waals surface area contributed by atoms with Crippen molar-refractivity contribution < 1.29 is 23.2 Å². The molecule has 1 heterocycles. The molecule has 0 unspecified atom stereocenters. The molecule has 0 atom stereocenters. The fourth-order valence-electron chi connectivity index (χ4n) is 2.45. The smallest absolute Gasteiger partial charge is 0.293 e. The fourth-order valence-corrected chi connectivity index (χ4v) is 3.68. The second-order valence-corrected chi connectivity index (χ2v) is 7.67. The zero-order chi connectivity index (χ0) is 20.3. The van der Waals surface area contributed by atoms with Gasteiger partial charge in [0.25, 0.3) is 17.1 Å². The van der Waals surface area contributed by atoms with Crippen molar-refractivity contribution in [2.24, 2.45) is 0 Å². The van der Waals surface area contributed by atoms with E-state index in [1.54, 1.807) is 0 Å². The molecule has 9 heteroatoms. The molecule has 5 nitrogen and oxygen atoms in total. The first kappa shape index (κ1) is 20.2. The Labute approximate surface area is 171 Å². The van der Waals surface area contributed by atoms with Crippen molar-refractivity contribution in [1.29, 1.82) is 0 Å². The second-order valence-electron chi connectivity index (χ2n) is 5.76. The van der Waals surface area contributed by atoms with Crippen LogP contribution in [0.2, 0.25) is 0 Å². The third-order valence-corrected chi connectivity index (χ3v) is 5.24. The monoisotopic (exact) mass is 466 g/mol. The number of thioether (sulfide) groups is 1. The van der Waals surface area contributed by atoms with Gasteiger partial charge in [0.2, 0.25) is 0 Å². The summed E-state index contributed by atoms with van der Waals surface area (Å²) in [6.45, 7) is -0.0700. The van der Waals surface area contributed by atoms with Crippen LogP contribution in [-0.4, -0.2) is 35.0 Å². The highest BCUT2D eigenvalue weighted by atomic mass is 79.9. The molecule has 1 aliphatic rings. The molecule has 3 amide bonds. The molecule has 144 valence electrons. The molecule has 0 bridgehead atoms. The Balaban J connectivity index is 1.61. The van der Waals surface area contributed by atoms with Gasteiger partial charge in [0.05, 0.1) is 10.5 Å². The molecule has 0 radical (unpaired) electrons. The average molecular weight is 467 g/mol. The van der Waals surface area contributed by atoms with Gasteiger partial charge in [-0.15, -0.1) is 0 Å². The lowest BCUT2D eigenvalue weighted by molar-refractivity contribution is -0.122. The Morgan fingerprint density at radius 2 is 1.86 bits per heavy atom. The number of imide groups is 1. The molecule has 3 rings (SSSR count). The fraction of sp³-hybridized carbons (Fsp3) is 0.105. The lowest BCUT2D eigenvalue weighted by Crippen LogP contribution is -2.37. The van der Waals surface area contributed by atoms with Crippen LogP contribution in [0, 0.1) is 11.6 Å². The highest BCUT2D eigenvalue weighted by molar-refractivity contribution is 9.10. The molecule has 2 aromatic carbocycles. The molecule has 1 N–H and O–H groups in total. The number of carbonyl (C=O) groups is 3. The van der Waals surface area contributed by atoms with Crippen LogP contribution in [0.3, 0.4) is 0 Å². The van der Waals surface area contributed by atoms with E-state index in [0.29, 0.717) is 10.0 Å². The minimum Gasteiger partial charge on any atom is -0.350 e. The van der Waals surface area contributed by atoms with E-state index in [1.807, 2.05) is 0 Å². The first-order valence-electron chi connectivity index (χ1n) is 8.09. The molecular weight excluding hydrogens is 454 g/mol. The van der Waals surface area contributed by atoms with Crippen LogP contribution in [-0.2, 0) is 4.79 Å². The van der Waals surface area contributed by atoms with E-state index >= 15 is 0 Å². The molecule has 28 heavy (non-hydrogen) atoms. The molecule has 0 aromatic heterocycles. The van der Waals surface area contributed by atoms with E-state index < -0.39 is 28.7 Å². The van der Waals surface area contributed by atoms with Crippen molar-refractivity contribution in [3.8, 4) is 0 Å². The van der Waals surface area contributed by atoms with Crippen LogP contribution in [0.4, 0.5) is 13.6 Å². The molecule has 1 aliphatic heterocycles. The zero-order valence-corrected chi connectivity index (χ0v) is 16.6. The normalized spacial score (nSPS) is 15.4. The van der Waals surface area contributed by atoms with Gasteiger partial charge in [0.1, 0.15) is 11.6 Å². The summed E-state index contributed by atoms with van der Waals surface area (Å²) in [5, 5.41) is 2.02. The summed E-state index contributed by atoms with van der Waals surface area (Å²) in [7, 11) is 0. The van der Waals surface area contributed by atoms with Crippen LogP contribution in [0.25, 0.3) is 6.08 Å². The molecule has 0 aliphatic carbocycles. The van der Waals surface area contributed by atoms with Gasteiger partial charge in [-0.3, -0.25) is 19.3 Å². The Kier molecular flexibility index (Phi) is 6.25. The maximum absolute atomic E-state index is 13.7. The molecule has 0 spiro atoms. The number of nitrogens with one attached hydrogen (secondary N) is 1. The predicted molar refractivity (Wildman–Crippen MR) is 106 cm³/mol. The Hall–Kier alpha value is -2.52. The van der Waals surface area contributed by atoms with Crippen LogP contribution in [0.5, 0.6) is 0 Å². The van der Waals surface area contributed by atoms with Gasteiger partial charge < -0.3 is 5.32 Å². The second kappa shape index (κ2) is 8.66. The number of nitrogens with zero attached hydrogens (tertiary/aromatic N) is 1. The van der Waals surface area contributed by atoms with E-state index in [2.05, 4.69) is 21.2 Å². The van der Waals surface area contributed by atoms with E-state index in [9.17, 15) is 23.2 Å². The highest BCUT2D eigenvalue weighted by Crippen LogP contribution is 2.31. The number of carbonyl (C=O) groups excluding carboxylic acids is 3. The van der Waals surface area contributed by atoms with Crippen molar-refractivity contribution in [2.45, 2.75) is 0 Å². The van der Waals surface area contributed by atoms with Crippen molar-refractivity contribution in [3.05, 3.63) is 74.6 Å². The van der Waals surface area contributed by atoms with Crippen molar-refractivity contribution >= 4 is 50.8 Å². The molecular formula is C19H13BrF2N2O3S. The van der Waals surface area contributed by atoms with Crippen molar-refractivity contribution in [1.82, 2.24) is 10.2 Å². The average Bonchev–Trinajstić information content (AvgIpc) is 2.92. The molecule has 2 aromatic rings. The number of rotatable bonds is 5. The van der Waals surface area contributed by atoms with Crippen LogP contribution < -0.4 is 5.32 Å². The summed E-state index contributed by atoms with van der Waals surface area (Å²) < 4.78 is 27.2. The summed E-state index contributed by atoms with van der Waals surface area (Å²) in [6.07, 6.45) is 1.50. The van der Waals surface area contributed by atoms with Gasteiger partial charge in [0.15, 0.2) is 0 Å². The standard InChI is InChI=1S/C19H13BrF2N2O3S/c20-12-3-6-15(22)14(10-12)17(25)23-7-8-24-18(26)16(28-19(24)27)9-11-1-4-13(21)5-2-11/h1-6,9-10H,7-8H2,(H,23,25)/b16-9-. The lowest BCUT2D eigenvalue weighted by atomic mass is 10.2. The minimum absolute atomic E-state index is 0.0212. The number of benzene rings is 2. The quantitative estimate of drug-likeness (QED) is 0.670. The van der Waals surface area contributed by atoms with Gasteiger partial charge in [-0.25, -0.2) is 8.78 Å². The number of halogens is 3. The Morgan fingerprint density at radius 1 is 1.14 bits per heavy atom. The summed E-state index contributed by atoms with van der Waals surface area (Å²) in [6, 6.07) is 9.48. The van der Waals surface area contributed by atoms with E-state index in [1.165, 1.54) is 42.5 Å². The lowest BCUT2D eigenvalue weighted by Gasteiger charge is -2.13. The summed E-state index contributed by atoms with van der Waals surface area (Å²) in [5.74, 6) is -2.22. The van der Waals surface area contributed by atoms with Crippen LogP contribution in [0.15, 0.2) is 51.8 Å². The van der Waals surface area contributed by atoms with Gasteiger partial charge in [-0.2, -0.15) is 0 Å². The molecule has 0 saturated carbocycles. The summed E-state index contributed by atoms with van der Waals surface area (Å²) >= 11 is 3.93. The van der Waals surface area contributed by atoms with Crippen molar-refractivity contribution in [3.63, 3.8) is 0 Å². The maximum Gasteiger partial charge on any atom is 0.293 e. The summed E-state index contributed by atoms with van der Waals surface area (Å²) in [4.78, 5) is 37.8. The molecule has 1 saturated heterocycles. The van der Waals surface area contributed by atoms with Gasteiger partial charge in [-0.05, 0) is 53.7 Å². The maximum atomic E-state index is 13.7. The number of hydrogen-bond donors (Lipinski definition) is 1. The zero-order valence-electron chi connectivity index (χ0n) is 14.2. The SMILES string of the molecule is O=C(NCCN1C(=O)S/C(=C\c2ccc(F)cc2)C1=O)c1cc(Br)ccc1F. The van der Waals surface area contributed by atoms with Gasteiger partial charge in [-0.1, -0.05) is 28.1 Å². The van der Waals surface area contributed by atoms with E-state index in [4.69, 9.17) is 0 Å². The third-order valence-electron chi connectivity index (χ3n) is 3.84. The van der Waals surface area contributed by atoms with E-state index in [-0.39, 0.29) is 23.6 Å². The van der Waals surface area contributed by atoms with Gasteiger partial charge in [0, 0.05) is 17.6 Å². The largest absolute Gasteiger partial charge is 0.350 e. The predicted octanol–water partition coefficient (Wildman–Crippen LogP) is 4.19. The number of hydrogen-bond acceptors (Lipinski definition) is 4. The Bertz CT molecular complexity index is 980. The van der Waals surface area contributed by atoms with E-state index in [0.717, 1.165) is 22.7 Å². The minimum atomic E-state index is -0.672.